The predicted octanol–water partition coefficient (Wildman–Crippen LogP) is 2.67. The van der Waals surface area contributed by atoms with E-state index in [9.17, 15) is 14.4 Å². The number of anilines is 3. The average molecular weight is 422 g/mol. The summed E-state index contributed by atoms with van der Waals surface area (Å²) in [6.45, 7) is 6.43. The number of amides is 1. The van der Waals surface area contributed by atoms with Crippen molar-refractivity contribution in [1.82, 2.24) is 9.55 Å². The van der Waals surface area contributed by atoms with Crippen LogP contribution in [-0.4, -0.2) is 28.5 Å². The summed E-state index contributed by atoms with van der Waals surface area (Å²) in [7, 11) is 0. The number of hydrogen-bond acceptors (Lipinski definition) is 5. The summed E-state index contributed by atoms with van der Waals surface area (Å²) in [6, 6.07) is 7.07. The van der Waals surface area contributed by atoms with Crippen LogP contribution in [-0.2, 0) is 11.3 Å². The lowest BCUT2D eigenvalue weighted by Gasteiger charge is -2.25. The second kappa shape index (κ2) is 10.2. The Morgan fingerprint density at radius 3 is 2.62 bits per heavy atom. The predicted molar refractivity (Wildman–Crippen MR) is 118 cm³/mol. The van der Waals surface area contributed by atoms with Crippen LogP contribution >= 0.6 is 11.6 Å². The van der Waals surface area contributed by atoms with Gasteiger partial charge in [0.2, 0.25) is 5.91 Å². The van der Waals surface area contributed by atoms with E-state index in [1.54, 1.807) is 24.3 Å². The molecular weight excluding hydrogens is 394 g/mol. The number of para-hydroxylation sites is 1. The third-order valence-electron chi connectivity index (χ3n) is 4.37. The van der Waals surface area contributed by atoms with Crippen molar-refractivity contribution in [2.24, 2.45) is 5.92 Å². The number of nitrogens with zero attached hydrogens (tertiary/aromatic N) is 2. The number of aromatic amines is 1. The van der Waals surface area contributed by atoms with E-state index in [4.69, 9.17) is 17.3 Å². The summed E-state index contributed by atoms with van der Waals surface area (Å²) in [4.78, 5) is 41.4. The van der Waals surface area contributed by atoms with E-state index < -0.39 is 11.2 Å². The third-order valence-corrected chi connectivity index (χ3v) is 4.70. The number of nitrogen functional groups attached to an aromatic ring is 1. The highest BCUT2D eigenvalue weighted by Crippen LogP contribution is 2.22. The van der Waals surface area contributed by atoms with Crippen molar-refractivity contribution in [3.05, 3.63) is 50.1 Å². The molecule has 0 fully saturated rings. The van der Waals surface area contributed by atoms with Crippen molar-refractivity contribution in [2.75, 3.05) is 29.0 Å². The summed E-state index contributed by atoms with van der Waals surface area (Å²) in [5.41, 5.74) is 5.55. The molecule has 29 heavy (non-hydrogen) atoms. The van der Waals surface area contributed by atoms with Crippen molar-refractivity contribution in [3.8, 4) is 0 Å². The van der Waals surface area contributed by atoms with E-state index in [0.29, 0.717) is 30.2 Å². The molecule has 0 saturated heterocycles. The Labute approximate surface area is 174 Å². The Balaban J connectivity index is 2.38. The van der Waals surface area contributed by atoms with Crippen LogP contribution in [0, 0.1) is 5.92 Å². The van der Waals surface area contributed by atoms with Crippen molar-refractivity contribution < 1.29 is 4.79 Å². The largest absolute Gasteiger partial charge is 0.383 e. The fourth-order valence-corrected chi connectivity index (χ4v) is 3.14. The highest BCUT2D eigenvalue weighted by Gasteiger charge is 2.24. The molecule has 1 aromatic carbocycles. The molecule has 0 aliphatic carbocycles. The number of carbonyl (C=O) groups is 1. The van der Waals surface area contributed by atoms with Crippen LogP contribution in [0.3, 0.4) is 0 Å². The third kappa shape index (κ3) is 5.63. The monoisotopic (exact) mass is 421 g/mol. The van der Waals surface area contributed by atoms with Gasteiger partial charge in [-0.1, -0.05) is 50.9 Å². The molecule has 8 nitrogen and oxygen atoms in total. The Morgan fingerprint density at radius 2 is 2.00 bits per heavy atom. The lowest BCUT2D eigenvalue weighted by molar-refractivity contribution is -0.117. The summed E-state index contributed by atoms with van der Waals surface area (Å²) < 4.78 is 1.30. The first-order valence-corrected chi connectivity index (χ1v) is 10.0. The van der Waals surface area contributed by atoms with Crippen LogP contribution in [0.15, 0.2) is 33.9 Å². The molecule has 9 heteroatoms. The summed E-state index contributed by atoms with van der Waals surface area (Å²) in [5.74, 6) is -0.213. The summed E-state index contributed by atoms with van der Waals surface area (Å²) >= 11 is 6.12. The minimum Gasteiger partial charge on any atom is -0.383 e. The zero-order valence-electron chi connectivity index (χ0n) is 17.0. The molecule has 0 bridgehead atoms. The SMILES string of the molecule is CCCCN(C(=O)CNc1ccccc1Cl)c1c(N)n(CC(C)C)c(=O)[nH]c1=O. The maximum atomic E-state index is 13.0. The zero-order chi connectivity index (χ0) is 21.6. The number of nitrogens with two attached hydrogens (primary N) is 1. The van der Waals surface area contributed by atoms with E-state index in [1.807, 2.05) is 20.8 Å². The Morgan fingerprint density at radius 1 is 1.31 bits per heavy atom. The van der Waals surface area contributed by atoms with E-state index in [1.165, 1.54) is 9.47 Å². The minimum absolute atomic E-state index is 0.00431. The maximum absolute atomic E-state index is 13.0. The van der Waals surface area contributed by atoms with Crippen molar-refractivity contribution in [1.29, 1.82) is 0 Å². The topological polar surface area (TPSA) is 113 Å². The zero-order valence-corrected chi connectivity index (χ0v) is 17.8. The molecule has 0 aliphatic rings. The average Bonchev–Trinajstić information content (AvgIpc) is 2.66. The lowest BCUT2D eigenvalue weighted by Crippen LogP contribution is -2.43. The molecule has 0 atom stereocenters. The van der Waals surface area contributed by atoms with Crippen molar-refractivity contribution in [2.45, 2.75) is 40.2 Å². The van der Waals surface area contributed by atoms with Crippen molar-refractivity contribution in [3.63, 3.8) is 0 Å². The van der Waals surface area contributed by atoms with Gasteiger partial charge in [-0.2, -0.15) is 0 Å². The molecular formula is C20H28ClN5O3. The second-order valence-corrected chi connectivity index (χ2v) is 7.64. The van der Waals surface area contributed by atoms with Crippen LogP contribution in [0.1, 0.15) is 33.6 Å². The van der Waals surface area contributed by atoms with Gasteiger partial charge >= 0.3 is 5.69 Å². The fraction of sp³-hybridized carbons (Fsp3) is 0.450. The van der Waals surface area contributed by atoms with Crippen LogP contribution in [0.4, 0.5) is 17.2 Å². The van der Waals surface area contributed by atoms with Crippen LogP contribution in [0.25, 0.3) is 0 Å². The van der Waals surface area contributed by atoms with Crippen LogP contribution < -0.4 is 27.2 Å². The number of unbranched alkanes of at least 4 members (excludes halogenated alkanes) is 1. The van der Waals surface area contributed by atoms with Gasteiger partial charge in [-0.3, -0.25) is 19.1 Å². The quantitative estimate of drug-likeness (QED) is 0.576. The first kappa shape index (κ1) is 22.5. The highest BCUT2D eigenvalue weighted by atomic mass is 35.5. The van der Waals surface area contributed by atoms with Gasteiger partial charge in [0.05, 0.1) is 17.3 Å². The number of rotatable bonds is 9. The number of carbonyl (C=O) groups excluding carboxylic acids is 1. The molecule has 2 rings (SSSR count). The van der Waals surface area contributed by atoms with Gasteiger partial charge in [-0.05, 0) is 24.5 Å². The molecule has 0 unspecified atom stereocenters. The number of aromatic nitrogens is 2. The van der Waals surface area contributed by atoms with Gasteiger partial charge in [0.25, 0.3) is 5.56 Å². The molecule has 2 aromatic rings. The van der Waals surface area contributed by atoms with E-state index in [0.717, 1.165) is 6.42 Å². The normalized spacial score (nSPS) is 10.9. The number of halogens is 1. The van der Waals surface area contributed by atoms with Gasteiger partial charge in [-0.25, -0.2) is 4.79 Å². The minimum atomic E-state index is -0.672. The van der Waals surface area contributed by atoms with Crippen LogP contribution in [0.2, 0.25) is 5.02 Å². The van der Waals surface area contributed by atoms with Crippen molar-refractivity contribution >= 4 is 34.7 Å². The lowest BCUT2D eigenvalue weighted by atomic mass is 10.2. The molecule has 0 spiro atoms. The Hall–Kier alpha value is -2.74. The molecule has 1 aromatic heterocycles. The standard InChI is InChI=1S/C20H28ClN5O3/c1-4-5-10-25(16(27)11-23-15-9-7-6-8-14(15)21)17-18(22)26(12-13(2)3)20(29)24-19(17)28/h6-9,13,23H,4-5,10-12,22H2,1-3H3,(H,24,28,29). The van der Waals surface area contributed by atoms with Gasteiger partial charge in [0, 0.05) is 13.1 Å². The van der Waals surface area contributed by atoms with E-state index in [-0.39, 0.29) is 29.9 Å². The molecule has 158 valence electrons. The van der Waals surface area contributed by atoms with Gasteiger partial charge in [0.1, 0.15) is 5.82 Å². The van der Waals surface area contributed by atoms with Gasteiger partial charge in [0.15, 0.2) is 5.69 Å². The number of benzene rings is 1. The van der Waals surface area contributed by atoms with Gasteiger partial charge in [-0.15, -0.1) is 0 Å². The van der Waals surface area contributed by atoms with Crippen LogP contribution in [0.5, 0.6) is 0 Å². The molecule has 0 saturated carbocycles. The Kier molecular flexibility index (Phi) is 7.90. The maximum Gasteiger partial charge on any atom is 0.330 e. The fourth-order valence-electron chi connectivity index (χ4n) is 2.93. The molecule has 1 amide bonds. The summed E-state index contributed by atoms with van der Waals surface area (Å²) in [6.07, 6.45) is 1.51. The van der Waals surface area contributed by atoms with E-state index in [2.05, 4.69) is 10.3 Å². The highest BCUT2D eigenvalue weighted by molar-refractivity contribution is 6.33. The number of hydrogen-bond donors (Lipinski definition) is 3. The molecule has 4 N–H and O–H groups in total. The first-order valence-electron chi connectivity index (χ1n) is 9.67. The second-order valence-electron chi connectivity index (χ2n) is 7.23. The molecule has 0 radical (unpaired) electrons. The smallest absolute Gasteiger partial charge is 0.330 e. The van der Waals surface area contributed by atoms with Gasteiger partial charge < -0.3 is 16.0 Å². The Bertz CT molecular complexity index is 967. The number of H-pyrrole nitrogens is 1. The molecule has 1 heterocycles. The van der Waals surface area contributed by atoms with E-state index >= 15 is 0 Å². The number of nitrogens with one attached hydrogen (secondary N) is 2. The molecule has 0 aliphatic heterocycles. The first-order chi connectivity index (χ1) is 13.8. The summed E-state index contributed by atoms with van der Waals surface area (Å²) in [5, 5.41) is 3.48.